The van der Waals surface area contributed by atoms with Gasteiger partial charge in [0.1, 0.15) is 0 Å². The molecule has 0 spiro atoms. The second kappa shape index (κ2) is 5.65. The van der Waals surface area contributed by atoms with Crippen molar-refractivity contribution in [3.8, 4) is 0 Å². The van der Waals surface area contributed by atoms with Crippen LogP contribution in [0.5, 0.6) is 0 Å². The van der Waals surface area contributed by atoms with Gasteiger partial charge in [-0.05, 0) is 45.0 Å². The number of rotatable bonds is 5. The van der Waals surface area contributed by atoms with Crippen LogP contribution < -0.4 is 5.73 Å². The molecule has 2 N–H and O–H groups in total. The Balaban J connectivity index is 3.03. The standard InChI is InChI=1S/C15H26N2/c1-6-17(7-2)15(4,5)14(16)13-11-9-8-10-12(13)3/h8-11,14H,6-7,16H2,1-5H3. The highest BCUT2D eigenvalue weighted by molar-refractivity contribution is 5.30. The molecule has 0 amide bonds. The number of nitrogens with zero attached hydrogens (tertiary/aromatic N) is 1. The normalized spacial score (nSPS) is 14.1. The summed E-state index contributed by atoms with van der Waals surface area (Å²) in [6.07, 6.45) is 0. The molecule has 0 aliphatic rings. The second-order valence-electron chi connectivity index (χ2n) is 5.16. The highest BCUT2D eigenvalue weighted by Gasteiger charge is 2.32. The molecule has 2 heteroatoms. The van der Waals surface area contributed by atoms with Crippen molar-refractivity contribution in [3.05, 3.63) is 35.4 Å². The Bertz CT molecular complexity index is 354. The molecule has 0 radical (unpaired) electrons. The van der Waals surface area contributed by atoms with Gasteiger partial charge in [-0.25, -0.2) is 0 Å². The predicted molar refractivity (Wildman–Crippen MR) is 75.1 cm³/mol. The second-order valence-corrected chi connectivity index (χ2v) is 5.16. The average Bonchev–Trinajstić information content (AvgIpc) is 2.30. The molecule has 0 aliphatic carbocycles. The summed E-state index contributed by atoms with van der Waals surface area (Å²) in [6, 6.07) is 8.46. The molecule has 0 saturated carbocycles. The Morgan fingerprint density at radius 2 is 1.71 bits per heavy atom. The lowest BCUT2D eigenvalue weighted by Gasteiger charge is -2.42. The summed E-state index contributed by atoms with van der Waals surface area (Å²) in [7, 11) is 0. The highest BCUT2D eigenvalue weighted by Crippen LogP contribution is 2.30. The monoisotopic (exact) mass is 234 g/mol. The summed E-state index contributed by atoms with van der Waals surface area (Å²) in [5, 5.41) is 0. The minimum Gasteiger partial charge on any atom is -0.322 e. The van der Waals surface area contributed by atoms with Gasteiger partial charge in [-0.2, -0.15) is 0 Å². The number of nitrogens with two attached hydrogens (primary N) is 1. The van der Waals surface area contributed by atoms with Crippen LogP contribution in [0.3, 0.4) is 0 Å². The van der Waals surface area contributed by atoms with E-state index in [0.29, 0.717) is 0 Å². The van der Waals surface area contributed by atoms with Crippen LogP contribution in [-0.4, -0.2) is 23.5 Å². The lowest BCUT2D eigenvalue weighted by atomic mass is 9.85. The minimum absolute atomic E-state index is 0.0182. The number of likely N-dealkylation sites (N-methyl/N-ethyl adjacent to an activating group) is 1. The van der Waals surface area contributed by atoms with Gasteiger partial charge < -0.3 is 5.73 Å². The number of aryl methyl sites for hydroxylation is 1. The van der Waals surface area contributed by atoms with Gasteiger partial charge in [0, 0.05) is 11.6 Å². The van der Waals surface area contributed by atoms with E-state index >= 15 is 0 Å². The topological polar surface area (TPSA) is 29.3 Å². The van der Waals surface area contributed by atoms with Crippen molar-refractivity contribution in [2.45, 2.75) is 46.2 Å². The van der Waals surface area contributed by atoms with Crippen LogP contribution in [0.25, 0.3) is 0 Å². The van der Waals surface area contributed by atoms with Crippen LogP contribution in [0.2, 0.25) is 0 Å². The predicted octanol–water partition coefficient (Wildman–Crippen LogP) is 3.12. The maximum Gasteiger partial charge on any atom is 0.0479 e. The molecule has 0 aromatic heterocycles. The fourth-order valence-electron chi connectivity index (χ4n) is 2.55. The van der Waals surface area contributed by atoms with Crippen molar-refractivity contribution in [1.29, 1.82) is 0 Å². The molecule has 0 heterocycles. The smallest absolute Gasteiger partial charge is 0.0479 e. The number of benzene rings is 1. The zero-order chi connectivity index (χ0) is 13.1. The molecule has 1 unspecified atom stereocenters. The Morgan fingerprint density at radius 3 is 2.18 bits per heavy atom. The molecule has 0 saturated heterocycles. The van der Waals surface area contributed by atoms with Crippen LogP contribution in [0.15, 0.2) is 24.3 Å². The van der Waals surface area contributed by atoms with Crippen molar-refractivity contribution in [1.82, 2.24) is 4.90 Å². The van der Waals surface area contributed by atoms with Gasteiger partial charge >= 0.3 is 0 Å². The Labute approximate surface area is 106 Å². The van der Waals surface area contributed by atoms with Gasteiger partial charge in [-0.1, -0.05) is 38.1 Å². The number of hydrogen-bond donors (Lipinski definition) is 1. The molecule has 0 fully saturated rings. The Morgan fingerprint density at radius 1 is 1.18 bits per heavy atom. The summed E-state index contributed by atoms with van der Waals surface area (Å²) in [5.74, 6) is 0. The maximum atomic E-state index is 6.48. The van der Waals surface area contributed by atoms with E-state index in [0.717, 1.165) is 13.1 Å². The van der Waals surface area contributed by atoms with E-state index < -0.39 is 0 Å². The van der Waals surface area contributed by atoms with Crippen LogP contribution in [0, 0.1) is 6.92 Å². The lowest BCUT2D eigenvalue weighted by molar-refractivity contribution is 0.106. The summed E-state index contributed by atoms with van der Waals surface area (Å²) >= 11 is 0. The summed E-state index contributed by atoms with van der Waals surface area (Å²) in [4.78, 5) is 2.42. The fraction of sp³-hybridized carbons (Fsp3) is 0.600. The average molecular weight is 234 g/mol. The molecular formula is C15H26N2. The fourth-order valence-corrected chi connectivity index (χ4v) is 2.55. The summed E-state index contributed by atoms with van der Waals surface area (Å²) in [5.41, 5.74) is 9.00. The number of hydrogen-bond acceptors (Lipinski definition) is 2. The first-order valence-electron chi connectivity index (χ1n) is 6.51. The SMILES string of the molecule is CCN(CC)C(C)(C)C(N)c1ccccc1C. The van der Waals surface area contributed by atoms with Crippen LogP contribution in [-0.2, 0) is 0 Å². The third-order valence-corrected chi connectivity index (χ3v) is 3.86. The largest absolute Gasteiger partial charge is 0.322 e. The van der Waals surface area contributed by atoms with Gasteiger partial charge in [-0.3, -0.25) is 4.90 Å². The van der Waals surface area contributed by atoms with E-state index in [1.54, 1.807) is 0 Å². The molecule has 1 rings (SSSR count). The first-order valence-corrected chi connectivity index (χ1v) is 6.51. The Hall–Kier alpha value is -0.860. The zero-order valence-corrected chi connectivity index (χ0v) is 11.8. The molecule has 0 bridgehead atoms. The first-order chi connectivity index (χ1) is 7.95. The molecular weight excluding hydrogens is 208 g/mol. The third kappa shape index (κ3) is 2.88. The summed E-state index contributed by atoms with van der Waals surface area (Å²) < 4.78 is 0. The van der Waals surface area contributed by atoms with Crippen molar-refractivity contribution >= 4 is 0 Å². The lowest BCUT2D eigenvalue weighted by Crippen LogP contribution is -2.51. The van der Waals surface area contributed by atoms with Gasteiger partial charge in [-0.15, -0.1) is 0 Å². The molecule has 96 valence electrons. The van der Waals surface area contributed by atoms with E-state index in [1.165, 1.54) is 11.1 Å². The molecule has 1 atom stereocenters. The highest BCUT2D eigenvalue weighted by atomic mass is 15.2. The van der Waals surface area contributed by atoms with Crippen molar-refractivity contribution in [2.24, 2.45) is 5.73 Å². The van der Waals surface area contributed by atoms with E-state index in [2.05, 4.69) is 63.8 Å². The van der Waals surface area contributed by atoms with Gasteiger partial charge in [0.2, 0.25) is 0 Å². The van der Waals surface area contributed by atoms with E-state index in [-0.39, 0.29) is 11.6 Å². The molecule has 0 aliphatic heterocycles. The van der Waals surface area contributed by atoms with Crippen LogP contribution in [0.1, 0.15) is 44.9 Å². The van der Waals surface area contributed by atoms with Crippen molar-refractivity contribution in [2.75, 3.05) is 13.1 Å². The van der Waals surface area contributed by atoms with E-state index in [4.69, 9.17) is 5.73 Å². The first kappa shape index (κ1) is 14.2. The molecule has 1 aromatic rings. The Kier molecular flexibility index (Phi) is 4.72. The maximum absolute atomic E-state index is 6.48. The van der Waals surface area contributed by atoms with Crippen LogP contribution in [0.4, 0.5) is 0 Å². The van der Waals surface area contributed by atoms with Crippen molar-refractivity contribution < 1.29 is 0 Å². The minimum atomic E-state index is -0.0182. The quantitative estimate of drug-likeness (QED) is 0.848. The van der Waals surface area contributed by atoms with Crippen LogP contribution >= 0.6 is 0 Å². The van der Waals surface area contributed by atoms with Crippen molar-refractivity contribution in [3.63, 3.8) is 0 Å². The van der Waals surface area contributed by atoms with E-state index in [9.17, 15) is 0 Å². The van der Waals surface area contributed by atoms with Gasteiger partial charge in [0.15, 0.2) is 0 Å². The third-order valence-electron chi connectivity index (χ3n) is 3.86. The molecule has 2 nitrogen and oxygen atoms in total. The zero-order valence-electron chi connectivity index (χ0n) is 11.8. The summed E-state index contributed by atoms with van der Waals surface area (Å²) in [6.45, 7) is 13.0. The van der Waals surface area contributed by atoms with Gasteiger partial charge in [0.25, 0.3) is 0 Å². The van der Waals surface area contributed by atoms with Gasteiger partial charge in [0.05, 0.1) is 0 Å². The molecule has 1 aromatic carbocycles. The molecule has 17 heavy (non-hydrogen) atoms. The van der Waals surface area contributed by atoms with E-state index in [1.807, 2.05) is 0 Å².